The summed E-state index contributed by atoms with van der Waals surface area (Å²) < 4.78 is 4.56. The van der Waals surface area contributed by atoms with Crippen LogP contribution in [-0.2, 0) is 9.53 Å². The maximum atomic E-state index is 11.3. The van der Waals surface area contributed by atoms with Crippen LogP contribution in [0.5, 0.6) is 0 Å². The van der Waals surface area contributed by atoms with E-state index in [0.717, 1.165) is 0 Å². The summed E-state index contributed by atoms with van der Waals surface area (Å²) in [5.41, 5.74) is 0.214. The Morgan fingerprint density at radius 3 is 2.80 bits per heavy atom. The van der Waals surface area contributed by atoms with Crippen molar-refractivity contribution in [3.8, 4) is 0 Å². The van der Waals surface area contributed by atoms with Gasteiger partial charge in [0.15, 0.2) is 0 Å². The topological polar surface area (TPSA) is 55.4 Å². The third kappa shape index (κ3) is 2.70. The second kappa shape index (κ2) is 5.14. The van der Waals surface area contributed by atoms with Gasteiger partial charge in [0, 0.05) is 11.8 Å². The first-order chi connectivity index (χ1) is 7.10. The minimum absolute atomic E-state index is 0.168. The number of anilines is 1. The highest BCUT2D eigenvalue weighted by atomic mass is 35.5. The smallest absolute Gasteiger partial charge is 0.342 e. The number of amides is 1. The van der Waals surface area contributed by atoms with E-state index in [2.05, 4.69) is 10.1 Å². The summed E-state index contributed by atoms with van der Waals surface area (Å²) >= 11 is 7.00. The molecule has 82 valence electrons. The quantitative estimate of drug-likeness (QED) is 0.835. The predicted octanol–water partition coefficient (Wildman–Crippen LogP) is 2.54. The fourth-order valence-corrected chi connectivity index (χ4v) is 2.12. The van der Waals surface area contributed by atoms with Crippen molar-refractivity contribution in [1.82, 2.24) is 0 Å². The first-order valence-corrected chi connectivity index (χ1v) is 5.51. The molecule has 0 saturated heterocycles. The Labute approximate surface area is 96.2 Å². The Morgan fingerprint density at radius 1 is 1.60 bits per heavy atom. The summed E-state index contributed by atoms with van der Waals surface area (Å²) in [6, 6.07) is 0. The van der Waals surface area contributed by atoms with Crippen molar-refractivity contribution in [2.75, 3.05) is 12.4 Å². The van der Waals surface area contributed by atoms with Crippen LogP contribution < -0.4 is 5.32 Å². The van der Waals surface area contributed by atoms with Gasteiger partial charge in [-0.2, -0.15) is 0 Å². The summed E-state index contributed by atoms with van der Waals surface area (Å²) in [6.07, 6.45) is 0.343. The standard InChI is InChI=1S/C9H10ClNO3S/c1-3-6(12)11-8-7(9(13)14-2)5(10)4-15-8/h4H,3H2,1-2H3,(H,11,12). The van der Waals surface area contributed by atoms with Crippen molar-refractivity contribution in [2.24, 2.45) is 0 Å². The van der Waals surface area contributed by atoms with Gasteiger partial charge < -0.3 is 10.1 Å². The third-order valence-corrected chi connectivity index (χ3v) is 3.03. The highest BCUT2D eigenvalue weighted by Gasteiger charge is 2.19. The molecule has 0 spiro atoms. The molecule has 1 aromatic heterocycles. The minimum atomic E-state index is -0.548. The summed E-state index contributed by atoms with van der Waals surface area (Å²) in [6.45, 7) is 1.72. The van der Waals surface area contributed by atoms with E-state index in [1.165, 1.54) is 18.4 Å². The van der Waals surface area contributed by atoms with E-state index in [-0.39, 0.29) is 11.5 Å². The molecule has 0 aliphatic rings. The van der Waals surface area contributed by atoms with E-state index >= 15 is 0 Å². The SMILES string of the molecule is CCC(=O)Nc1scc(Cl)c1C(=O)OC. The molecule has 1 N–H and O–H groups in total. The number of rotatable bonds is 3. The van der Waals surface area contributed by atoms with Crippen LogP contribution in [-0.4, -0.2) is 19.0 Å². The predicted molar refractivity (Wildman–Crippen MR) is 59.6 cm³/mol. The van der Waals surface area contributed by atoms with Gasteiger partial charge in [0.2, 0.25) is 5.91 Å². The zero-order chi connectivity index (χ0) is 11.4. The van der Waals surface area contributed by atoms with E-state index in [9.17, 15) is 9.59 Å². The minimum Gasteiger partial charge on any atom is -0.465 e. The van der Waals surface area contributed by atoms with Gasteiger partial charge in [-0.25, -0.2) is 4.79 Å². The largest absolute Gasteiger partial charge is 0.465 e. The molecular formula is C9H10ClNO3S. The number of ether oxygens (including phenoxy) is 1. The van der Waals surface area contributed by atoms with Crippen LogP contribution in [0.25, 0.3) is 0 Å². The number of methoxy groups -OCH3 is 1. The van der Waals surface area contributed by atoms with Crippen LogP contribution >= 0.6 is 22.9 Å². The molecule has 0 fully saturated rings. The fraction of sp³-hybridized carbons (Fsp3) is 0.333. The number of esters is 1. The number of carbonyl (C=O) groups excluding carboxylic acids is 2. The molecule has 4 nitrogen and oxygen atoms in total. The molecule has 0 bridgehead atoms. The van der Waals surface area contributed by atoms with Crippen molar-refractivity contribution < 1.29 is 14.3 Å². The average molecular weight is 248 g/mol. The zero-order valence-corrected chi connectivity index (χ0v) is 9.87. The van der Waals surface area contributed by atoms with E-state index in [1.807, 2.05) is 0 Å². The average Bonchev–Trinajstić information content (AvgIpc) is 2.58. The number of hydrogen-bond donors (Lipinski definition) is 1. The van der Waals surface area contributed by atoms with Crippen LogP contribution in [0.2, 0.25) is 5.02 Å². The Balaban J connectivity index is 2.98. The number of carbonyl (C=O) groups is 2. The number of hydrogen-bond acceptors (Lipinski definition) is 4. The normalized spacial score (nSPS) is 9.80. The molecule has 0 aliphatic heterocycles. The van der Waals surface area contributed by atoms with Crippen molar-refractivity contribution in [1.29, 1.82) is 0 Å². The van der Waals surface area contributed by atoms with Gasteiger partial charge in [0.25, 0.3) is 0 Å². The van der Waals surface area contributed by atoms with Crippen molar-refractivity contribution in [3.63, 3.8) is 0 Å². The number of thiophene rings is 1. The Morgan fingerprint density at radius 2 is 2.27 bits per heavy atom. The van der Waals surface area contributed by atoms with Crippen LogP contribution in [0, 0.1) is 0 Å². The Hall–Kier alpha value is -1.07. The Kier molecular flexibility index (Phi) is 4.11. The summed E-state index contributed by atoms with van der Waals surface area (Å²) in [7, 11) is 1.27. The molecule has 1 amide bonds. The van der Waals surface area contributed by atoms with Gasteiger partial charge in [-0.15, -0.1) is 11.3 Å². The molecular weight excluding hydrogens is 238 g/mol. The number of halogens is 1. The van der Waals surface area contributed by atoms with Gasteiger partial charge in [-0.05, 0) is 0 Å². The maximum absolute atomic E-state index is 11.3. The van der Waals surface area contributed by atoms with E-state index in [4.69, 9.17) is 11.6 Å². The molecule has 0 radical (unpaired) electrons. The molecule has 0 saturated carbocycles. The highest BCUT2D eigenvalue weighted by Crippen LogP contribution is 2.32. The molecule has 0 aromatic carbocycles. The van der Waals surface area contributed by atoms with Crippen molar-refractivity contribution in [3.05, 3.63) is 16.0 Å². The summed E-state index contributed by atoms with van der Waals surface area (Å²) in [5, 5.41) is 4.89. The van der Waals surface area contributed by atoms with Crippen LogP contribution in [0.15, 0.2) is 5.38 Å². The van der Waals surface area contributed by atoms with E-state index < -0.39 is 5.97 Å². The molecule has 0 unspecified atom stereocenters. The van der Waals surface area contributed by atoms with Gasteiger partial charge in [-0.1, -0.05) is 18.5 Å². The lowest BCUT2D eigenvalue weighted by Crippen LogP contribution is -2.12. The molecule has 1 heterocycles. The number of nitrogens with one attached hydrogen (secondary N) is 1. The van der Waals surface area contributed by atoms with E-state index in [0.29, 0.717) is 16.4 Å². The van der Waals surface area contributed by atoms with Crippen molar-refractivity contribution in [2.45, 2.75) is 13.3 Å². The first-order valence-electron chi connectivity index (χ1n) is 4.25. The Bertz CT molecular complexity index is 389. The fourth-order valence-electron chi connectivity index (χ4n) is 0.936. The summed E-state index contributed by atoms with van der Waals surface area (Å²) in [5.74, 6) is -0.716. The lowest BCUT2D eigenvalue weighted by Gasteiger charge is -2.03. The lowest BCUT2D eigenvalue weighted by atomic mass is 10.3. The van der Waals surface area contributed by atoms with Gasteiger partial charge in [0.1, 0.15) is 10.6 Å². The van der Waals surface area contributed by atoms with Crippen molar-refractivity contribution >= 4 is 39.8 Å². The molecule has 15 heavy (non-hydrogen) atoms. The van der Waals surface area contributed by atoms with Gasteiger partial charge in [0.05, 0.1) is 12.1 Å². The first kappa shape index (κ1) is 12.0. The van der Waals surface area contributed by atoms with Gasteiger partial charge >= 0.3 is 5.97 Å². The van der Waals surface area contributed by atoms with Crippen LogP contribution in [0.1, 0.15) is 23.7 Å². The molecule has 6 heteroatoms. The lowest BCUT2D eigenvalue weighted by molar-refractivity contribution is -0.115. The second-order valence-electron chi connectivity index (χ2n) is 2.68. The van der Waals surface area contributed by atoms with Crippen LogP contribution in [0.4, 0.5) is 5.00 Å². The van der Waals surface area contributed by atoms with Gasteiger partial charge in [-0.3, -0.25) is 4.79 Å². The maximum Gasteiger partial charge on any atom is 0.342 e. The third-order valence-electron chi connectivity index (χ3n) is 1.71. The molecule has 1 aromatic rings. The molecule has 1 rings (SSSR count). The molecule has 0 atom stereocenters. The molecule has 0 aliphatic carbocycles. The van der Waals surface area contributed by atoms with Crippen LogP contribution in [0.3, 0.4) is 0 Å². The zero-order valence-electron chi connectivity index (χ0n) is 8.30. The summed E-state index contributed by atoms with van der Waals surface area (Å²) in [4.78, 5) is 22.5. The second-order valence-corrected chi connectivity index (χ2v) is 3.97. The monoisotopic (exact) mass is 247 g/mol. The highest BCUT2D eigenvalue weighted by molar-refractivity contribution is 7.15. The van der Waals surface area contributed by atoms with E-state index in [1.54, 1.807) is 12.3 Å².